The molecule has 0 amide bonds. The Bertz CT molecular complexity index is 732. The Kier molecular flexibility index (Phi) is 5.17. The van der Waals surface area contributed by atoms with Crippen LogP contribution in [0.5, 0.6) is 0 Å². The van der Waals surface area contributed by atoms with Crippen molar-refractivity contribution in [3.63, 3.8) is 0 Å². The number of carbonyl (C=O) groups is 1. The largest absolute Gasteiger partial charge is 0.441 e. The van der Waals surface area contributed by atoms with E-state index in [0.717, 1.165) is 16.7 Å². The maximum Gasteiger partial charge on any atom is 0.340 e. The fourth-order valence-corrected chi connectivity index (χ4v) is 3.00. The van der Waals surface area contributed by atoms with Crippen LogP contribution in [-0.4, -0.2) is 5.97 Å². The molecular formula is C21H22O2. The van der Waals surface area contributed by atoms with Crippen molar-refractivity contribution in [2.45, 2.75) is 26.4 Å². The fraction of sp³-hybridized carbons (Fsp3) is 0.190. The topological polar surface area (TPSA) is 26.3 Å². The Morgan fingerprint density at radius 1 is 1.09 bits per heavy atom. The van der Waals surface area contributed by atoms with Crippen molar-refractivity contribution in [1.82, 2.24) is 0 Å². The summed E-state index contributed by atoms with van der Waals surface area (Å²) in [6, 6.07) is 7.56. The smallest absolute Gasteiger partial charge is 0.340 e. The van der Waals surface area contributed by atoms with Gasteiger partial charge < -0.3 is 4.74 Å². The monoisotopic (exact) mass is 306 g/mol. The third-order valence-electron chi connectivity index (χ3n) is 3.97. The maximum atomic E-state index is 12.5. The normalized spacial score (nSPS) is 21.8. The third-order valence-corrected chi connectivity index (χ3v) is 3.97. The lowest BCUT2D eigenvalue weighted by atomic mass is 9.78. The van der Waals surface area contributed by atoms with Crippen LogP contribution in [0, 0.1) is 0 Å². The standard InChI is InChI=1S/C21H22O2/c1-5-9-13-17(8-4)21(16(7-3)12-6-2)19-15-11-10-14-18(19)20(22)23-21/h5-15H,1H2,2-4H3/b12-6-,13-9-,16-7+,17-8+. The number of fused-ring (bicyclic) bond motifs is 1. The molecule has 0 aliphatic carbocycles. The summed E-state index contributed by atoms with van der Waals surface area (Å²) in [5, 5.41) is 0. The quantitative estimate of drug-likeness (QED) is 0.547. The molecule has 23 heavy (non-hydrogen) atoms. The molecule has 1 unspecified atom stereocenters. The van der Waals surface area contributed by atoms with Gasteiger partial charge in [-0.25, -0.2) is 4.79 Å². The maximum absolute atomic E-state index is 12.5. The molecule has 0 bridgehead atoms. The predicted octanol–water partition coefficient (Wildman–Crippen LogP) is 5.26. The van der Waals surface area contributed by atoms with E-state index in [1.54, 1.807) is 6.08 Å². The van der Waals surface area contributed by atoms with Crippen molar-refractivity contribution in [2.24, 2.45) is 0 Å². The average Bonchev–Trinajstić information content (AvgIpc) is 2.87. The zero-order chi connectivity index (χ0) is 16.9. The molecule has 0 saturated heterocycles. The fourth-order valence-electron chi connectivity index (χ4n) is 3.00. The van der Waals surface area contributed by atoms with Crippen molar-refractivity contribution >= 4 is 5.97 Å². The Labute approximate surface area is 138 Å². The number of benzene rings is 1. The number of esters is 1. The van der Waals surface area contributed by atoms with E-state index in [4.69, 9.17) is 4.74 Å². The van der Waals surface area contributed by atoms with Gasteiger partial charge in [-0.3, -0.25) is 0 Å². The predicted molar refractivity (Wildman–Crippen MR) is 95.2 cm³/mol. The number of ether oxygens (including phenoxy) is 1. The van der Waals surface area contributed by atoms with Crippen molar-refractivity contribution in [3.8, 4) is 0 Å². The summed E-state index contributed by atoms with van der Waals surface area (Å²) in [7, 11) is 0. The Morgan fingerprint density at radius 2 is 1.74 bits per heavy atom. The number of carbonyl (C=O) groups excluding carboxylic acids is 1. The van der Waals surface area contributed by atoms with Gasteiger partial charge in [0.05, 0.1) is 5.56 Å². The van der Waals surface area contributed by atoms with E-state index in [1.807, 2.05) is 81.5 Å². The van der Waals surface area contributed by atoms with Crippen molar-refractivity contribution in [3.05, 3.63) is 95.6 Å². The lowest BCUT2D eigenvalue weighted by molar-refractivity contribution is 0.0246. The molecule has 2 nitrogen and oxygen atoms in total. The van der Waals surface area contributed by atoms with E-state index in [1.165, 1.54) is 0 Å². The summed E-state index contributed by atoms with van der Waals surface area (Å²) in [5.74, 6) is -0.296. The second kappa shape index (κ2) is 7.10. The number of hydrogen-bond acceptors (Lipinski definition) is 2. The second-order valence-corrected chi connectivity index (χ2v) is 5.20. The number of allylic oxidation sites excluding steroid dienone is 5. The lowest BCUT2D eigenvalue weighted by Crippen LogP contribution is -2.30. The molecule has 0 fully saturated rings. The molecule has 2 rings (SSSR count). The first-order valence-corrected chi connectivity index (χ1v) is 7.73. The van der Waals surface area contributed by atoms with Crippen LogP contribution in [-0.2, 0) is 10.3 Å². The van der Waals surface area contributed by atoms with E-state index < -0.39 is 5.60 Å². The minimum atomic E-state index is -0.913. The molecule has 2 heteroatoms. The zero-order valence-electron chi connectivity index (χ0n) is 13.9. The van der Waals surface area contributed by atoms with Gasteiger partial charge >= 0.3 is 5.97 Å². The van der Waals surface area contributed by atoms with Crippen LogP contribution in [0.1, 0.15) is 36.7 Å². The van der Waals surface area contributed by atoms with Gasteiger partial charge in [0.2, 0.25) is 0 Å². The van der Waals surface area contributed by atoms with E-state index in [-0.39, 0.29) is 5.97 Å². The highest BCUT2D eigenvalue weighted by atomic mass is 16.6. The molecule has 1 aliphatic heterocycles. The Balaban J connectivity index is 2.81. The summed E-state index contributed by atoms with van der Waals surface area (Å²) in [6.07, 6.45) is 13.4. The van der Waals surface area contributed by atoms with E-state index in [2.05, 4.69) is 6.58 Å². The molecule has 0 N–H and O–H groups in total. The van der Waals surface area contributed by atoms with Gasteiger partial charge in [0.15, 0.2) is 5.60 Å². The highest BCUT2D eigenvalue weighted by molar-refractivity contribution is 5.96. The van der Waals surface area contributed by atoms with Crippen molar-refractivity contribution in [2.75, 3.05) is 0 Å². The summed E-state index contributed by atoms with van der Waals surface area (Å²) in [5.41, 5.74) is 2.41. The van der Waals surface area contributed by atoms with Crippen LogP contribution in [0.2, 0.25) is 0 Å². The average molecular weight is 306 g/mol. The zero-order valence-corrected chi connectivity index (χ0v) is 13.9. The highest BCUT2D eigenvalue weighted by Gasteiger charge is 2.49. The molecule has 1 aromatic rings. The molecule has 1 heterocycles. The molecule has 0 aromatic heterocycles. The van der Waals surface area contributed by atoms with Gasteiger partial charge in [0, 0.05) is 16.7 Å². The first kappa shape index (κ1) is 16.8. The Hall–Kier alpha value is -2.61. The molecule has 1 aliphatic rings. The van der Waals surface area contributed by atoms with Gasteiger partial charge in [0.25, 0.3) is 0 Å². The van der Waals surface area contributed by atoms with Crippen molar-refractivity contribution in [1.29, 1.82) is 0 Å². The van der Waals surface area contributed by atoms with Gasteiger partial charge in [-0.15, -0.1) is 0 Å². The summed E-state index contributed by atoms with van der Waals surface area (Å²) >= 11 is 0. The molecule has 1 aromatic carbocycles. The summed E-state index contributed by atoms with van der Waals surface area (Å²) in [4.78, 5) is 12.5. The van der Waals surface area contributed by atoms with Crippen LogP contribution >= 0.6 is 0 Å². The first-order valence-electron chi connectivity index (χ1n) is 7.73. The lowest BCUT2D eigenvalue weighted by Gasteiger charge is -2.32. The van der Waals surface area contributed by atoms with Crippen molar-refractivity contribution < 1.29 is 9.53 Å². The molecular weight excluding hydrogens is 284 g/mol. The minimum absolute atomic E-state index is 0.296. The minimum Gasteiger partial charge on any atom is -0.441 e. The van der Waals surface area contributed by atoms with E-state index in [0.29, 0.717) is 5.56 Å². The first-order chi connectivity index (χ1) is 11.1. The van der Waals surface area contributed by atoms with Crippen LogP contribution in [0.15, 0.2) is 84.5 Å². The second-order valence-electron chi connectivity index (χ2n) is 5.20. The van der Waals surface area contributed by atoms with Gasteiger partial charge in [-0.1, -0.05) is 67.3 Å². The summed E-state index contributed by atoms with van der Waals surface area (Å²) < 4.78 is 5.96. The number of hydrogen-bond donors (Lipinski definition) is 0. The highest BCUT2D eigenvalue weighted by Crippen LogP contribution is 2.48. The Morgan fingerprint density at radius 3 is 2.35 bits per heavy atom. The van der Waals surface area contributed by atoms with Gasteiger partial charge in [-0.2, -0.15) is 0 Å². The van der Waals surface area contributed by atoms with Gasteiger partial charge in [0.1, 0.15) is 0 Å². The van der Waals surface area contributed by atoms with Crippen LogP contribution < -0.4 is 0 Å². The molecule has 118 valence electrons. The van der Waals surface area contributed by atoms with Gasteiger partial charge in [-0.05, 0) is 26.8 Å². The molecule has 0 radical (unpaired) electrons. The van der Waals surface area contributed by atoms with Crippen LogP contribution in [0.4, 0.5) is 0 Å². The third kappa shape index (κ3) is 2.72. The summed E-state index contributed by atoms with van der Waals surface area (Å²) in [6.45, 7) is 9.58. The number of rotatable bonds is 5. The number of cyclic esters (lactones) is 1. The van der Waals surface area contributed by atoms with E-state index in [9.17, 15) is 4.79 Å². The molecule has 0 spiro atoms. The molecule has 0 saturated carbocycles. The SMILES string of the molecule is C=C/C=C\C(=C/C)C1(C(/C=C\C)=C/C)OC(=O)c2ccccc21. The van der Waals surface area contributed by atoms with E-state index >= 15 is 0 Å². The molecule has 1 atom stereocenters. The van der Waals surface area contributed by atoms with Crippen LogP contribution in [0.3, 0.4) is 0 Å². The van der Waals surface area contributed by atoms with Crippen LogP contribution in [0.25, 0.3) is 0 Å².